The summed E-state index contributed by atoms with van der Waals surface area (Å²) in [5, 5.41) is 4.36. The number of aromatic nitrogens is 1. The Hall–Kier alpha value is -1.68. The normalized spacial score (nSPS) is 10.3. The smallest absolute Gasteiger partial charge is 0.222 e. The van der Waals surface area contributed by atoms with Crippen LogP contribution in [0.1, 0.15) is 5.69 Å². The minimum absolute atomic E-state index is 0.313. The third kappa shape index (κ3) is 2.67. The number of anilines is 1. The fourth-order valence-corrected chi connectivity index (χ4v) is 1.46. The molecule has 5 heteroatoms. The number of nitrogens with two attached hydrogens (primary N) is 1. The first-order valence-electron chi connectivity index (χ1n) is 4.84. The molecule has 0 aliphatic heterocycles. The highest BCUT2D eigenvalue weighted by Crippen LogP contribution is 2.23. The van der Waals surface area contributed by atoms with Crippen LogP contribution in [-0.2, 0) is 6.42 Å². The zero-order valence-electron chi connectivity index (χ0n) is 8.52. The second kappa shape index (κ2) is 4.90. The zero-order chi connectivity index (χ0) is 11.4. The molecule has 1 aromatic heterocycles. The van der Waals surface area contributed by atoms with Crippen LogP contribution >= 0.6 is 11.6 Å². The number of para-hydroxylation sites is 1. The maximum atomic E-state index is 5.93. The van der Waals surface area contributed by atoms with E-state index in [4.69, 9.17) is 26.6 Å². The lowest BCUT2D eigenvalue weighted by atomic mass is 10.3. The molecule has 84 valence electrons. The minimum atomic E-state index is 0.313. The van der Waals surface area contributed by atoms with Gasteiger partial charge in [-0.1, -0.05) is 28.9 Å². The Morgan fingerprint density at radius 2 is 2.19 bits per heavy atom. The Kier molecular flexibility index (Phi) is 3.31. The average Bonchev–Trinajstić information content (AvgIpc) is 2.67. The fraction of sp³-hybridized carbons (Fsp3) is 0.182. The van der Waals surface area contributed by atoms with Crippen molar-refractivity contribution in [1.82, 2.24) is 5.16 Å². The second-order valence-electron chi connectivity index (χ2n) is 3.25. The second-order valence-corrected chi connectivity index (χ2v) is 3.66. The standard InChI is InChI=1S/C11H11ClN2O2/c12-9-3-1-2-4-10(9)15-6-5-8-7-11(13)16-14-8/h1-4,7H,5-6,13H2. The van der Waals surface area contributed by atoms with E-state index in [1.54, 1.807) is 12.1 Å². The van der Waals surface area contributed by atoms with E-state index in [1.165, 1.54) is 0 Å². The van der Waals surface area contributed by atoms with Crippen LogP contribution in [0.15, 0.2) is 34.9 Å². The fourth-order valence-electron chi connectivity index (χ4n) is 1.27. The number of nitrogens with zero attached hydrogens (tertiary/aromatic N) is 1. The van der Waals surface area contributed by atoms with Crippen LogP contribution in [0.25, 0.3) is 0 Å². The van der Waals surface area contributed by atoms with E-state index in [1.807, 2.05) is 18.2 Å². The van der Waals surface area contributed by atoms with Crippen molar-refractivity contribution >= 4 is 17.5 Å². The van der Waals surface area contributed by atoms with Crippen LogP contribution in [-0.4, -0.2) is 11.8 Å². The maximum Gasteiger partial charge on any atom is 0.222 e. The Balaban J connectivity index is 1.87. The van der Waals surface area contributed by atoms with Crippen LogP contribution in [0.2, 0.25) is 5.02 Å². The lowest BCUT2D eigenvalue weighted by molar-refractivity contribution is 0.316. The topological polar surface area (TPSA) is 61.3 Å². The van der Waals surface area contributed by atoms with E-state index in [-0.39, 0.29) is 0 Å². The van der Waals surface area contributed by atoms with E-state index in [2.05, 4.69) is 5.16 Å². The lowest BCUT2D eigenvalue weighted by Crippen LogP contribution is -2.01. The van der Waals surface area contributed by atoms with Crippen molar-refractivity contribution in [1.29, 1.82) is 0 Å². The van der Waals surface area contributed by atoms with E-state index in [9.17, 15) is 0 Å². The lowest BCUT2D eigenvalue weighted by Gasteiger charge is -2.05. The molecule has 0 aliphatic carbocycles. The number of hydrogen-bond donors (Lipinski definition) is 1. The van der Waals surface area contributed by atoms with Gasteiger partial charge in [-0.15, -0.1) is 0 Å². The summed E-state index contributed by atoms with van der Waals surface area (Å²) in [6.45, 7) is 0.482. The van der Waals surface area contributed by atoms with Gasteiger partial charge in [0.25, 0.3) is 0 Å². The molecular formula is C11H11ClN2O2. The van der Waals surface area contributed by atoms with E-state index < -0.39 is 0 Å². The van der Waals surface area contributed by atoms with Crippen molar-refractivity contribution in [2.24, 2.45) is 0 Å². The van der Waals surface area contributed by atoms with Gasteiger partial charge in [0.1, 0.15) is 5.75 Å². The summed E-state index contributed by atoms with van der Waals surface area (Å²) in [5.74, 6) is 0.980. The molecule has 2 N–H and O–H groups in total. The van der Waals surface area contributed by atoms with Crippen molar-refractivity contribution in [2.45, 2.75) is 6.42 Å². The van der Waals surface area contributed by atoms with Gasteiger partial charge in [0.05, 0.1) is 17.3 Å². The molecule has 0 amide bonds. The number of halogens is 1. The third-order valence-corrected chi connectivity index (χ3v) is 2.34. The summed E-state index contributed by atoms with van der Waals surface area (Å²) in [6.07, 6.45) is 0.631. The van der Waals surface area contributed by atoms with Gasteiger partial charge < -0.3 is 15.0 Å². The van der Waals surface area contributed by atoms with E-state index in [0.717, 1.165) is 5.69 Å². The van der Waals surface area contributed by atoms with Gasteiger partial charge in [0.15, 0.2) is 0 Å². The maximum absolute atomic E-state index is 5.93. The Morgan fingerprint density at radius 3 is 2.88 bits per heavy atom. The molecule has 0 atom stereocenters. The summed E-state index contributed by atoms with van der Waals surface area (Å²) in [4.78, 5) is 0. The number of nitrogen functional groups attached to an aromatic ring is 1. The largest absolute Gasteiger partial charge is 0.492 e. The van der Waals surface area contributed by atoms with Gasteiger partial charge in [0.2, 0.25) is 5.88 Å². The van der Waals surface area contributed by atoms with Crippen LogP contribution in [0.4, 0.5) is 5.88 Å². The summed E-state index contributed by atoms with van der Waals surface area (Å²) >= 11 is 5.93. The molecule has 0 unspecified atom stereocenters. The predicted octanol–water partition coefficient (Wildman–Crippen LogP) is 2.53. The van der Waals surface area contributed by atoms with Gasteiger partial charge in [-0.2, -0.15) is 0 Å². The number of rotatable bonds is 4. The highest BCUT2D eigenvalue weighted by Gasteiger charge is 2.03. The Morgan fingerprint density at radius 1 is 1.38 bits per heavy atom. The first-order valence-corrected chi connectivity index (χ1v) is 5.22. The molecule has 1 heterocycles. The van der Waals surface area contributed by atoms with Crippen LogP contribution < -0.4 is 10.5 Å². The molecule has 0 fully saturated rings. The van der Waals surface area contributed by atoms with Gasteiger partial charge >= 0.3 is 0 Å². The van der Waals surface area contributed by atoms with E-state index >= 15 is 0 Å². The molecule has 0 saturated carbocycles. The average molecular weight is 239 g/mol. The summed E-state index contributed by atoms with van der Waals surface area (Å²) < 4.78 is 10.2. The molecule has 16 heavy (non-hydrogen) atoms. The van der Waals surface area contributed by atoms with Crippen molar-refractivity contribution in [3.05, 3.63) is 41.0 Å². The van der Waals surface area contributed by atoms with Crippen LogP contribution in [0.3, 0.4) is 0 Å². The summed E-state index contributed by atoms with van der Waals surface area (Å²) in [6, 6.07) is 9.00. The molecule has 0 spiro atoms. The van der Waals surface area contributed by atoms with Crippen molar-refractivity contribution in [3.8, 4) is 5.75 Å². The third-order valence-electron chi connectivity index (χ3n) is 2.03. The van der Waals surface area contributed by atoms with Crippen molar-refractivity contribution in [3.63, 3.8) is 0 Å². The highest BCUT2D eigenvalue weighted by atomic mass is 35.5. The number of ether oxygens (including phenoxy) is 1. The molecule has 0 bridgehead atoms. The molecule has 2 rings (SSSR count). The first-order chi connectivity index (χ1) is 7.75. The predicted molar refractivity (Wildman–Crippen MR) is 61.6 cm³/mol. The number of hydrogen-bond acceptors (Lipinski definition) is 4. The molecule has 0 saturated heterocycles. The molecular weight excluding hydrogens is 228 g/mol. The highest BCUT2D eigenvalue weighted by molar-refractivity contribution is 6.32. The number of benzene rings is 1. The quantitative estimate of drug-likeness (QED) is 0.889. The monoisotopic (exact) mass is 238 g/mol. The Labute approximate surface area is 97.9 Å². The van der Waals surface area contributed by atoms with Gasteiger partial charge in [-0.05, 0) is 12.1 Å². The molecule has 4 nitrogen and oxygen atoms in total. The SMILES string of the molecule is Nc1cc(CCOc2ccccc2Cl)no1. The van der Waals surface area contributed by atoms with Gasteiger partial charge in [-0.25, -0.2) is 0 Å². The summed E-state index contributed by atoms with van der Waals surface area (Å²) in [5.41, 5.74) is 6.16. The van der Waals surface area contributed by atoms with Gasteiger partial charge in [-0.3, -0.25) is 0 Å². The molecule has 2 aromatic rings. The van der Waals surface area contributed by atoms with E-state index in [0.29, 0.717) is 29.7 Å². The van der Waals surface area contributed by atoms with Crippen molar-refractivity contribution < 1.29 is 9.26 Å². The molecule has 1 aromatic carbocycles. The Bertz CT molecular complexity index is 471. The first kappa shape index (κ1) is 10.8. The summed E-state index contributed by atoms with van der Waals surface area (Å²) in [7, 11) is 0. The minimum Gasteiger partial charge on any atom is -0.492 e. The van der Waals surface area contributed by atoms with Crippen LogP contribution in [0, 0.1) is 0 Å². The molecule has 0 radical (unpaired) electrons. The zero-order valence-corrected chi connectivity index (χ0v) is 9.28. The molecule has 0 aliphatic rings. The van der Waals surface area contributed by atoms with Gasteiger partial charge in [0, 0.05) is 12.5 Å². The van der Waals surface area contributed by atoms with Crippen molar-refractivity contribution in [2.75, 3.05) is 12.3 Å². The van der Waals surface area contributed by atoms with Crippen LogP contribution in [0.5, 0.6) is 5.75 Å².